The third-order valence-corrected chi connectivity index (χ3v) is 6.06. The van der Waals surface area contributed by atoms with Gasteiger partial charge in [0.2, 0.25) is 0 Å². The number of nitrogens with one attached hydrogen (secondary N) is 4. The molecule has 2 aromatic rings. The second kappa shape index (κ2) is 7.98. The highest BCUT2D eigenvalue weighted by atomic mass is 32.2. The fraction of sp³-hybridized carbons (Fsp3) is 0.286. The van der Waals surface area contributed by atoms with E-state index in [2.05, 4.69) is 20.6 Å². The highest BCUT2D eigenvalue weighted by molar-refractivity contribution is 8.15. The Balaban J connectivity index is 1.56. The summed E-state index contributed by atoms with van der Waals surface area (Å²) >= 11 is 1.25. The Bertz CT molecular complexity index is 1110. The SMILES string of the molecule is CC(=N)/C(C)=C1\C(=N)Sc2c(NCc3ccc(F)c(C(=O)NC4CC4)c3)ncnc21. The standard InChI is InChI=1S/C21H21FN6OS/c1-10(11(2)23)16-17-18(30-19(16)24)20(27-9-26-17)25-8-12-3-6-15(22)14(7-12)21(29)28-13-4-5-13/h3,6-7,9,13,23-24H,4-5,8H2,1-2H3,(H,28,29)(H,25,26,27)/b16-10-,23-11?,24-19?. The number of fused-ring (bicyclic) bond motifs is 1. The molecule has 7 nitrogen and oxygen atoms in total. The van der Waals surface area contributed by atoms with Crippen molar-refractivity contribution in [2.45, 2.75) is 44.2 Å². The molecule has 2 heterocycles. The zero-order valence-corrected chi connectivity index (χ0v) is 17.4. The first-order valence-corrected chi connectivity index (χ1v) is 10.4. The minimum absolute atomic E-state index is 0.0348. The van der Waals surface area contributed by atoms with Gasteiger partial charge in [0.05, 0.1) is 16.2 Å². The monoisotopic (exact) mass is 424 g/mol. The Morgan fingerprint density at radius 3 is 2.77 bits per heavy atom. The Labute approximate surface area is 177 Å². The van der Waals surface area contributed by atoms with Gasteiger partial charge in [-0.3, -0.25) is 10.2 Å². The van der Waals surface area contributed by atoms with Gasteiger partial charge >= 0.3 is 0 Å². The van der Waals surface area contributed by atoms with Gasteiger partial charge in [0.15, 0.2) is 0 Å². The number of carbonyl (C=O) groups is 1. The molecule has 2 aliphatic rings. The number of benzene rings is 1. The van der Waals surface area contributed by atoms with Crippen LogP contribution in [0.5, 0.6) is 0 Å². The fourth-order valence-electron chi connectivity index (χ4n) is 3.10. The largest absolute Gasteiger partial charge is 0.365 e. The predicted octanol–water partition coefficient (Wildman–Crippen LogP) is 4.02. The van der Waals surface area contributed by atoms with Crippen molar-refractivity contribution in [3.63, 3.8) is 0 Å². The molecule has 0 saturated heterocycles. The minimum Gasteiger partial charge on any atom is -0.365 e. The molecule has 9 heteroatoms. The Morgan fingerprint density at radius 1 is 1.30 bits per heavy atom. The summed E-state index contributed by atoms with van der Waals surface area (Å²) in [6.07, 6.45) is 3.30. The van der Waals surface area contributed by atoms with E-state index in [0.29, 0.717) is 40.0 Å². The number of aromatic nitrogens is 2. The summed E-state index contributed by atoms with van der Waals surface area (Å²) in [5.41, 5.74) is 3.15. The van der Waals surface area contributed by atoms with Crippen LogP contribution in [0.4, 0.5) is 10.2 Å². The van der Waals surface area contributed by atoms with Gasteiger partial charge in [0, 0.05) is 23.9 Å². The quantitative estimate of drug-likeness (QED) is 0.523. The van der Waals surface area contributed by atoms with Crippen LogP contribution in [-0.2, 0) is 6.54 Å². The van der Waals surface area contributed by atoms with Crippen molar-refractivity contribution in [2.24, 2.45) is 0 Å². The van der Waals surface area contributed by atoms with Crippen molar-refractivity contribution in [3.05, 3.63) is 52.7 Å². The smallest absolute Gasteiger partial charge is 0.254 e. The van der Waals surface area contributed by atoms with E-state index in [0.717, 1.165) is 23.3 Å². The lowest BCUT2D eigenvalue weighted by Gasteiger charge is -2.11. The number of amides is 1. The number of nitrogens with zero attached hydrogens (tertiary/aromatic N) is 2. The lowest BCUT2D eigenvalue weighted by Crippen LogP contribution is -2.26. The van der Waals surface area contributed by atoms with Crippen molar-refractivity contribution >= 4 is 39.8 Å². The number of hydrogen-bond donors (Lipinski definition) is 4. The van der Waals surface area contributed by atoms with E-state index in [1.165, 1.54) is 24.2 Å². The van der Waals surface area contributed by atoms with Crippen LogP contribution in [0.15, 0.2) is 35.0 Å². The van der Waals surface area contributed by atoms with Crippen LogP contribution >= 0.6 is 11.8 Å². The van der Waals surface area contributed by atoms with Crippen LogP contribution < -0.4 is 10.6 Å². The van der Waals surface area contributed by atoms with E-state index in [-0.39, 0.29) is 11.6 Å². The van der Waals surface area contributed by atoms with E-state index in [1.54, 1.807) is 19.1 Å². The maximum absolute atomic E-state index is 14.1. The molecule has 0 atom stereocenters. The molecule has 1 amide bonds. The van der Waals surface area contributed by atoms with Gasteiger partial charge in [-0.05, 0) is 50.0 Å². The van der Waals surface area contributed by atoms with Crippen molar-refractivity contribution in [1.82, 2.24) is 15.3 Å². The number of allylic oxidation sites excluding steroid dienone is 1. The van der Waals surface area contributed by atoms with Crippen molar-refractivity contribution in [2.75, 3.05) is 5.32 Å². The van der Waals surface area contributed by atoms with Crippen LogP contribution in [0.2, 0.25) is 0 Å². The van der Waals surface area contributed by atoms with Gasteiger partial charge in [-0.25, -0.2) is 14.4 Å². The Morgan fingerprint density at radius 2 is 2.07 bits per heavy atom. The lowest BCUT2D eigenvalue weighted by molar-refractivity contribution is 0.0947. The molecule has 0 radical (unpaired) electrons. The summed E-state index contributed by atoms with van der Waals surface area (Å²) in [4.78, 5) is 21.6. The molecule has 1 saturated carbocycles. The van der Waals surface area contributed by atoms with Crippen LogP contribution in [0, 0.1) is 16.6 Å². The number of thioether (sulfide) groups is 1. The number of carbonyl (C=O) groups excluding carboxylic acids is 1. The predicted molar refractivity (Wildman–Crippen MR) is 116 cm³/mol. The van der Waals surface area contributed by atoms with Gasteiger partial charge in [-0.2, -0.15) is 0 Å². The van der Waals surface area contributed by atoms with Gasteiger partial charge < -0.3 is 16.0 Å². The van der Waals surface area contributed by atoms with Crippen LogP contribution in [0.25, 0.3) is 5.57 Å². The van der Waals surface area contributed by atoms with Crippen LogP contribution in [0.3, 0.4) is 0 Å². The first-order valence-electron chi connectivity index (χ1n) is 9.57. The molecule has 0 unspecified atom stereocenters. The Kier molecular flexibility index (Phi) is 5.38. The minimum atomic E-state index is -0.545. The maximum Gasteiger partial charge on any atom is 0.254 e. The van der Waals surface area contributed by atoms with Crippen LogP contribution in [-0.4, -0.2) is 32.7 Å². The normalized spacial score (nSPS) is 16.8. The number of rotatable bonds is 6. The topological polar surface area (TPSA) is 115 Å². The summed E-state index contributed by atoms with van der Waals surface area (Å²) in [6, 6.07) is 4.63. The molecule has 4 N–H and O–H groups in total. The summed E-state index contributed by atoms with van der Waals surface area (Å²) in [6.45, 7) is 3.83. The van der Waals surface area contributed by atoms with Gasteiger partial charge in [-0.15, -0.1) is 0 Å². The van der Waals surface area contributed by atoms with Gasteiger partial charge in [0.25, 0.3) is 5.91 Å². The molecule has 154 valence electrons. The first kappa shape index (κ1) is 20.2. The molecule has 1 aromatic heterocycles. The van der Waals surface area contributed by atoms with Gasteiger partial charge in [0.1, 0.15) is 23.0 Å². The molecular formula is C21H21FN6OS. The number of anilines is 1. The van der Waals surface area contributed by atoms with E-state index < -0.39 is 11.7 Å². The summed E-state index contributed by atoms with van der Waals surface area (Å²) in [7, 11) is 0. The maximum atomic E-state index is 14.1. The van der Waals surface area contributed by atoms with Crippen molar-refractivity contribution in [3.8, 4) is 0 Å². The molecule has 30 heavy (non-hydrogen) atoms. The fourth-order valence-corrected chi connectivity index (χ4v) is 4.13. The molecule has 0 bridgehead atoms. The molecule has 4 rings (SSSR count). The average Bonchev–Trinajstić information content (AvgIpc) is 3.46. The molecule has 1 aromatic carbocycles. The summed E-state index contributed by atoms with van der Waals surface area (Å²) in [5, 5.41) is 22.5. The molecule has 1 fully saturated rings. The first-order chi connectivity index (χ1) is 14.3. The Hall–Kier alpha value is -3.07. The second-order valence-electron chi connectivity index (χ2n) is 7.37. The van der Waals surface area contributed by atoms with E-state index >= 15 is 0 Å². The molecule has 1 aliphatic carbocycles. The zero-order valence-electron chi connectivity index (χ0n) is 16.6. The zero-order chi connectivity index (χ0) is 21.4. The number of hydrogen-bond acceptors (Lipinski definition) is 7. The van der Waals surface area contributed by atoms with E-state index in [4.69, 9.17) is 10.8 Å². The molecule has 1 aliphatic heterocycles. The summed E-state index contributed by atoms with van der Waals surface area (Å²) < 4.78 is 14.1. The van der Waals surface area contributed by atoms with E-state index in [1.807, 2.05) is 6.92 Å². The van der Waals surface area contributed by atoms with Crippen LogP contribution in [0.1, 0.15) is 48.3 Å². The molecule has 0 spiro atoms. The van der Waals surface area contributed by atoms with Gasteiger partial charge in [-0.1, -0.05) is 17.8 Å². The van der Waals surface area contributed by atoms with Crippen molar-refractivity contribution < 1.29 is 9.18 Å². The average molecular weight is 425 g/mol. The third kappa shape index (κ3) is 3.97. The third-order valence-electron chi connectivity index (χ3n) is 5.06. The lowest BCUT2D eigenvalue weighted by atomic mass is 10.0. The second-order valence-corrected chi connectivity index (χ2v) is 8.39. The highest BCUT2D eigenvalue weighted by Crippen LogP contribution is 2.44. The molecular weight excluding hydrogens is 403 g/mol. The highest BCUT2D eigenvalue weighted by Gasteiger charge is 2.30. The van der Waals surface area contributed by atoms with Crippen molar-refractivity contribution in [1.29, 1.82) is 10.8 Å². The number of halogens is 1. The van der Waals surface area contributed by atoms with E-state index in [9.17, 15) is 9.18 Å². The summed E-state index contributed by atoms with van der Waals surface area (Å²) in [5.74, 6) is -0.374.